The van der Waals surface area contributed by atoms with E-state index in [9.17, 15) is 19.0 Å². The Bertz CT molecular complexity index is 1100. The molecule has 0 aromatic heterocycles. The molecule has 0 saturated carbocycles. The molecule has 0 aromatic rings. The average Bonchev–Trinajstić information content (AvgIpc) is 3.28. The van der Waals surface area contributed by atoms with Crippen LogP contribution in [0.3, 0.4) is 0 Å². The van der Waals surface area contributed by atoms with Gasteiger partial charge in [-0.05, 0) is 44.9 Å². The Morgan fingerprint density at radius 1 is 0.469 bits per heavy atom. The maximum Gasteiger partial charge on any atom is 0.472 e. The minimum absolute atomic E-state index is 0.0528. The largest absolute Gasteiger partial charge is 0.472 e. The number of phosphoric acid groups is 1. The fourth-order valence-electron chi connectivity index (χ4n) is 8.02. The molecule has 0 aliphatic rings. The third-order valence-electron chi connectivity index (χ3n) is 12.1. The summed E-state index contributed by atoms with van der Waals surface area (Å²) in [4.78, 5) is 35.1. The molecule has 0 heterocycles. The van der Waals surface area contributed by atoms with E-state index in [1.165, 1.54) is 186 Å². The highest BCUT2D eigenvalue weighted by Gasteiger charge is 2.26. The van der Waals surface area contributed by atoms with E-state index >= 15 is 0 Å². The number of hydrogen-bond acceptors (Lipinski definition) is 8. The molecule has 3 N–H and O–H groups in total. The van der Waals surface area contributed by atoms with Crippen LogP contribution in [0.4, 0.5) is 0 Å². The number of hydrogen-bond donors (Lipinski definition) is 2. The first-order valence-corrected chi connectivity index (χ1v) is 28.8. The van der Waals surface area contributed by atoms with E-state index in [1.807, 2.05) is 0 Å². The standard InChI is InChI=1S/C54H104NO8P/c1-3-5-7-9-11-13-15-17-19-21-22-23-24-25-26-27-28-29-30-31-33-34-36-38-40-42-44-46-53(56)60-50-52(51-62-64(58,59)61-49-48-55)63-54(57)47-45-43-41-39-37-35-32-20-18-16-14-12-10-8-6-4-2/h14,16,20,32,52H,3-13,15,17-19,21-31,33-51,55H2,1-2H3,(H,58,59)/b16-14-,32-20-. The lowest BCUT2D eigenvalue weighted by atomic mass is 10.0. The molecule has 0 saturated heterocycles. The molecular formula is C54H104NO8P. The third kappa shape index (κ3) is 49.9. The smallest absolute Gasteiger partial charge is 0.462 e. The van der Waals surface area contributed by atoms with Gasteiger partial charge >= 0.3 is 19.8 Å². The summed E-state index contributed by atoms with van der Waals surface area (Å²) < 4.78 is 32.9. The van der Waals surface area contributed by atoms with Crippen LogP contribution in [0.1, 0.15) is 277 Å². The molecule has 0 aliphatic heterocycles. The summed E-state index contributed by atoms with van der Waals surface area (Å²) in [5.41, 5.74) is 5.37. The fourth-order valence-corrected chi connectivity index (χ4v) is 8.79. The van der Waals surface area contributed by atoms with Gasteiger partial charge < -0.3 is 20.1 Å². The number of ether oxygens (including phenoxy) is 2. The van der Waals surface area contributed by atoms with E-state index < -0.39 is 26.5 Å². The van der Waals surface area contributed by atoms with Crippen LogP contribution in [-0.2, 0) is 32.7 Å². The predicted octanol–water partition coefficient (Wildman–Crippen LogP) is 16.7. The van der Waals surface area contributed by atoms with E-state index in [0.717, 1.165) is 57.8 Å². The Kier molecular flexibility index (Phi) is 49.7. The maximum absolute atomic E-state index is 12.6. The monoisotopic (exact) mass is 926 g/mol. The molecule has 0 aromatic carbocycles. The normalized spacial score (nSPS) is 13.2. The molecular weight excluding hydrogens is 822 g/mol. The summed E-state index contributed by atoms with van der Waals surface area (Å²) >= 11 is 0. The average molecular weight is 926 g/mol. The molecule has 0 rings (SSSR count). The van der Waals surface area contributed by atoms with E-state index in [-0.39, 0.29) is 38.6 Å². The van der Waals surface area contributed by atoms with Crippen molar-refractivity contribution in [2.45, 2.75) is 283 Å². The SMILES string of the molecule is CCCCCC/C=C\C/C=C\CCCCCCCC(=O)OC(COC(=O)CCCCCCCCCCCCCCCCCCCCCCCCCCCCC)COP(=O)(O)OCCN. The number of esters is 2. The van der Waals surface area contributed by atoms with Gasteiger partial charge in [-0.15, -0.1) is 0 Å². The van der Waals surface area contributed by atoms with Crippen LogP contribution in [0.5, 0.6) is 0 Å². The number of nitrogens with two attached hydrogens (primary N) is 1. The number of carbonyl (C=O) groups excluding carboxylic acids is 2. The Hall–Kier alpha value is -1.51. The van der Waals surface area contributed by atoms with Crippen LogP contribution in [0, 0.1) is 0 Å². The number of allylic oxidation sites excluding steroid dienone is 4. The van der Waals surface area contributed by atoms with E-state index in [4.69, 9.17) is 24.3 Å². The Morgan fingerprint density at radius 2 is 0.812 bits per heavy atom. The molecule has 0 amide bonds. The van der Waals surface area contributed by atoms with E-state index in [1.54, 1.807) is 0 Å². The van der Waals surface area contributed by atoms with Crippen molar-refractivity contribution in [2.75, 3.05) is 26.4 Å². The highest BCUT2D eigenvalue weighted by molar-refractivity contribution is 7.47. The molecule has 2 unspecified atom stereocenters. The van der Waals surface area contributed by atoms with Gasteiger partial charge in [-0.3, -0.25) is 18.6 Å². The molecule has 0 spiro atoms. The number of carbonyl (C=O) groups is 2. The van der Waals surface area contributed by atoms with Crippen molar-refractivity contribution < 1.29 is 37.6 Å². The maximum atomic E-state index is 12.6. The zero-order valence-corrected chi connectivity index (χ0v) is 42.9. The lowest BCUT2D eigenvalue weighted by Crippen LogP contribution is -2.29. The van der Waals surface area contributed by atoms with E-state index in [2.05, 4.69) is 38.2 Å². The minimum Gasteiger partial charge on any atom is -0.462 e. The first-order valence-electron chi connectivity index (χ1n) is 27.3. The summed E-state index contributed by atoms with van der Waals surface area (Å²) in [6, 6.07) is 0. The van der Waals surface area contributed by atoms with Gasteiger partial charge in [0.25, 0.3) is 0 Å². The second-order valence-electron chi connectivity index (χ2n) is 18.5. The topological polar surface area (TPSA) is 134 Å². The third-order valence-corrected chi connectivity index (χ3v) is 13.1. The summed E-state index contributed by atoms with van der Waals surface area (Å²) in [7, 11) is -4.38. The second-order valence-corrected chi connectivity index (χ2v) is 19.9. The van der Waals surface area contributed by atoms with Crippen molar-refractivity contribution >= 4 is 19.8 Å². The quantitative estimate of drug-likeness (QED) is 0.0265. The van der Waals surface area contributed by atoms with Gasteiger partial charge in [0, 0.05) is 19.4 Å². The first kappa shape index (κ1) is 62.5. The Labute approximate surface area is 395 Å². The first-order chi connectivity index (χ1) is 31.3. The Balaban J connectivity index is 3.92. The van der Waals surface area contributed by atoms with Crippen molar-refractivity contribution in [3.8, 4) is 0 Å². The fraction of sp³-hybridized carbons (Fsp3) is 0.889. The molecule has 378 valence electrons. The molecule has 64 heavy (non-hydrogen) atoms. The summed E-state index contributed by atoms with van der Waals surface area (Å²) in [6.07, 6.45) is 58.1. The van der Waals surface area contributed by atoms with Crippen molar-refractivity contribution in [1.82, 2.24) is 0 Å². The molecule has 9 nitrogen and oxygen atoms in total. The molecule has 10 heteroatoms. The van der Waals surface area contributed by atoms with Crippen LogP contribution in [0.15, 0.2) is 24.3 Å². The van der Waals surface area contributed by atoms with Gasteiger partial charge in [-0.25, -0.2) is 4.57 Å². The van der Waals surface area contributed by atoms with E-state index in [0.29, 0.717) is 6.42 Å². The van der Waals surface area contributed by atoms with Crippen LogP contribution in [-0.4, -0.2) is 49.3 Å². The molecule has 0 radical (unpaired) electrons. The molecule has 0 fully saturated rings. The highest BCUT2D eigenvalue weighted by atomic mass is 31.2. The molecule has 2 atom stereocenters. The number of rotatable bonds is 52. The van der Waals surface area contributed by atoms with Gasteiger partial charge in [-0.1, -0.05) is 244 Å². The van der Waals surface area contributed by atoms with Crippen molar-refractivity contribution in [2.24, 2.45) is 5.73 Å². The van der Waals surface area contributed by atoms with Crippen LogP contribution in [0.25, 0.3) is 0 Å². The zero-order chi connectivity index (χ0) is 46.7. The van der Waals surface area contributed by atoms with Crippen molar-refractivity contribution in [3.63, 3.8) is 0 Å². The molecule has 0 bridgehead atoms. The van der Waals surface area contributed by atoms with Gasteiger partial charge in [-0.2, -0.15) is 0 Å². The van der Waals surface area contributed by atoms with Gasteiger partial charge in [0.2, 0.25) is 0 Å². The van der Waals surface area contributed by atoms with Gasteiger partial charge in [0.15, 0.2) is 6.10 Å². The van der Waals surface area contributed by atoms with Crippen molar-refractivity contribution in [3.05, 3.63) is 24.3 Å². The summed E-state index contributed by atoms with van der Waals surface area (Å²) in [6.45, 7) is 3.75. The lowest BCUT2D eigenvalue weighted by Gasteiger charge is -2.19. The van der Waals surface area contributed by atoms with Gasteiger partial charge in [0.05, 0.1) is 13.2 Å². The predicted molar refractivity (Wildman–Crippen MR) is 271 cm³/mol. The summed E-state index contributed by atoms with van der Waals surface area (Å²) in [5, 5.41) is 0. The summed E-state index contributed by atoms with van der Waals surface area (Å²) in [5.74, 6) is -0.830. The Morgan fingerprint density at radius 3 is 1.20 bits per heavy atom. The zero-order valence-electron chi connectivity index (χ0n) is 42.0. The van der Waals surface area contributed by atoms with Gasteiger partial charge in [0.1, 0.15) is 6.61 Å². The highest BCUT2D eigenvalue weighted by Crippen LogP contribution is 2.43. The molecule has 0 aliphatic carbocycles. The number of phosphoric ester groups is 1. The van der Waals surface area contributed by atoms with Crippen molar-refractivity contribution in [1.29, 1.82) is 0 Å². The number of unbranched alkanes of at least 4 members (excludes halogenated alkanes) is 35. The lowest BCUT2D eigenvalue weighted by molar-refractivity contribution is -0.161. The van der Waals surface area contributed by atoms with Crippen LogP contribution < -0.4 is 5.73 Å². The minimum atomic E-state index is -4.38. The van der Waals surface area contributed by atoms with Crippen LogP contribution >= 0.6 is 7.82 Å². The second kappa shape index (κ2) is 50.9. The van der Waals surface area contributed by atoms with Crippen LogP contribution in [0.2, 0.25) is 0 Å².